The van der Waals surface area contributed by atoms with Gasteiger partial charge in [0.15, 0.2) is 0 Å². The van der Waals surface area contributed by atoms with E-state index in [1.54, 1.807) is 0 Å². The van der Waals surface area contributed by atoms with Crippen molar-refractivity contribution in [2.75, 3.05) is 17.2 Å². The van der Waals surface area contributed by atoms with Gasteiger partial charge < -0.3 is 10.6 Å². The second-order valence-electron chi connectivity index (χ2n) is 5.95. The van der Waals surface area contributed by atoms with E-state index >= 15 is 0 Å². The van der Waals surface area contributed by atoms with Crippen molar-refractivity contribution in [3.8, 4) is 0 Å². The van der Waals surface area contributed by atoms with Crippen LogP contribution in [0.2, 0.25) is 0 Å². The van der Waals surface area contributed by atoms with Gasteiger partial charge in [0.2, 0.25) is 5.91 Å². The number of carbonyl (C=O) groups excluding carboxylic acids is 1. The van der Waals surface area contributed by atoms with E-state index in [-0.39, 0.29) is 5.91 Å². The lowest BCUT2D eigenvalue weighted by Gasteiger charge is -2.19. The first-order valence-electron chi connectivity index (χ1n) is 6.40. The summed E-state index contributed by atoms with van der Waals surface area (Å²) < 4.78 is 0. The monoisotopic (exact) mass is 248 g/mol. The van der Waals surface area contributed by atoms with Crippen LogP contribution in [-0.2, 0) is 4.79 Å². The SMILES string of the molecule is CC(=O)Nc1ccc(NCCC(C)(C)C)cc1C. The summed E-state index contributed by atoms with van der Waals surface area (Å²) in [5, 5.41) is 6.22. The van der Waals surface area contributed by atoms with Crippen molar-refractivity contribution in [1.29, 1.82) is 0 Å². The summed E-state index contributed by atoms with van der Waals surface area (Å²) in [6.45, 7) is 11.2. The van der Waals surface area contributed by atoms with Crippen LogP contribution in [0, 0.1) is 12.3 Å². The van der Waals surface area contributed by atoms with E-state index < -0.39 is 0 Å². The summed E-state index contributed by atoms with van der Waals surface area (Å²) in [5.41, 5.74) is 3.40. The molecular formula is C15H24N2O. The van der Waals surface area contributed by atoms with Gasteiger partial charge in [0, 0.05) is 24.8 Å². The fourth-order valence-electron chi connectivity index (χ4n) is 1.69. The molecule has 0 atom stereocenters. The summed E-state index contributed by atoms with van der Waals surface area (Å²) >= 11 is 0. The van der Waals surface area contributed by atoms with Gasteiger partial charge in [-0.1, -0.05) is 20.8 Å². The first-order chi connectivity index (χ1) is 8.28. The molecule has 0 saturated carbocycles. The van der Waals surface area contributed by atoms with Crippen molar-refractivity contribution in [1.82, 2.24) is 0 Å². The molecule has 1 aromatic carbocycles. The Balaban J connectivity index is 2.59. The minimum absolute atomic E-state index is 0.0356. The van der Waals surface area contributed by atoms with Crippen molar-refractivity contribution < 1.29 is 4.79 Å². The maximum Gasteiger partial charge on any atom is 0.221 e. The third-order valence-electron chi connectivity index (χ3n) is 2.74. The predicted octanol–water partition coefficient (Wildman–Crippen LogP) is 3.80. The molecule has 0 saturated heterocycles. The van der Waals surface area contributed by atoms with Crippen molar-refractivity contribution in [2.24, 2.45) is 5.41 Å². The van der Waals surface area contributed by atoms with E-state index in [2.05, 4.69) is 37.5 Å². The first kappa shape index (κ1) is 14.6. The second kappa shape index (κ2) is 5.89. The Morgan fingerprint density at radius 3 is 2.44 bits per heavy atom. The molecule has 0 fully saturated rings. The number of hydrogen-bond acceptors (Lipinski definition) is 2. The molecule has 0 heterocycles. The van der Waals surface area contributed by atoms with Crippen molar-refractivity contribution in [3.05, 3.63) is 23.8 Å². The van der Waals surface area contributed by atoms with Gasteiger partial charge in [-0.05, 0) is 42.5 Å². The number of rotatable bonds is 4. The normalized spacial score (nSPS) is 11.2. The molecule has 1 aromatic rings. The summed E-state index contributed by atoms with van der Waals surface area (Å²) in [4.78, 5) is 11.0. The molecule has 0 aliphatic rings. The number of hydrogen-bond donors (Lipinski definition) is 2. The van der Waals surface area contributed by atoms with Gasteiger partial charge in [-0.2, -0.15) is 0 Å². The molecule has 0 spiro atoms. The highest BCUT2D eigenvalue weighted by Gasteiger charge is 2.09. The molecule has 0 aliphatic heterocycles. The molecule has 0 radical (unpaired) electrons. The predicted molar refractivity (Wildman–Crippen MR) is 78.0 cm³/mol. The van der Waals surface area contributed by atoms with Crippen LogP contribution >= 0.6 is 0 Å². The Morgan fingerprint density at radius 2 is 1.94 bits per heavy atom. The fourth-order valence-corrected chi connectivity index (χ4v) is 1.69. The number of nitrogens with one attached hydrogen (secondary N) is 2. The van der Waals surface area contributed by atoms with Gasteiger partial charge in [0.25, 0.3) is 0 Å². The summed E-state index contributed by atoms with van der Waals surface area (Å²) in [6.07, 6.45) is 1.12. The van der Waals surface area contributed by atoms with E-state index in [0.29, 0.717) is 5.41 Å². The van der Waals surface area contributed by atoms with Crippen LogP contribution in [0.25, 0.3) is 0 Å². The number of anilines is 2. The first-order valence-corrected chi connectivity index (χ1v) is 6.40. The average molecular weight is 248 g/mol. The molecule has 3 heteroatoms. The Hall–Kier alpha value is -1.51. The zero-order valence-electron chi connectivity index (χ0n) is 12.1. The zero-order valence-corrected chi connectivity index (χ0v) is 12.1. The van der Waals surface area contributed by atoms with Crippen LogP contribution in [-0.4, -0.2) is 12.5 Å². The molecule has 1 rings (SSSR count). The van der Waals surface area contributed by atoms with Crippen LogP contribution in [0.1, 0.15) is 39.7 Å². The molecule has 1 amide bonds. The van der Waals surface area contributed by atoms with Crippen molar-refractivity contribution in [2.45, 2.75) is 41.0 Å². The number of benzene rings is 1. The summed E-state index contributed by atoms with van der Waals surface area (Å²) in [5.74, 6) is -0.0356. The molecule has 0 bridgehead atoms. The molecule has 0 aliphatic carbocycles. The molecule has 0 unspecified atom stereocenters. The maximum absolute atomic E-state index is 11.0. The molecule has 0 aromatic heterocycles. The number of amides is 1. The third-order valence-corrected chi connectivity index (χ3v) is 2.74. The van der Waals surface area contributed by atoms with Gasteiger partial charge >= 0.3 is 0 Å². The van der Waals surface area contributed by atoms with Crippen LogP contribution in [0.15, 0.2) is 18.2 Å². The van der Waals surface area contributed by atoms with Crippen molar-refractivity contribution in [3.63, 3.8) is 0 Å². The maximum atomic E-state index is 11.0. The van der Waals surface area contributed by atoms with Crippen molar-refractivity contribution >= 4 is 17.3 Å². The minimum atomic E-state index is -0.0356. The standard InChI is InChI=1S/C15H24N2O/c1-11-10-13(16-9-8-15(3,4)5)6-7-14(11)17-12(2)18/h6-7,10,16H,8-9H2,1-5H3,(H,17,18). The molecule has 3 nitrogen and oxygen atoms in total. The number of aryl methyl sites for hydroxylation is 1. The lowest BCUT2D eigenvalue weighted by atomic mass is 9.92. The highest BCUT2D eigenvalue weighted by atomic mass is 16.1. The fraction of sp³-hybridized carbons (Fsp3) is 0.533. The lowest BCUT2D eigenvalue weighted by molar-refractivity contribution is -0.114. The van der Waals surface area contributed by atoms with Gasteiger partial charge in [-0.15, -0.1) is 0 Å². The Kier molecular flexibility index (Phi) is 4.76. The molecule has 100 valence electrons. The highest BCUT2D eigenvalue weighted by Crippen LogP contribution is 2.21. The Morgan fingerprint density at radius 1 is 1.28 bits per heavy atom. The molecule has 18 heavy (non-hydrogen) atoms. The zero-order chi connectivity index (χ0) is 13.8. The topological polar surface area (TPSA) is 41.1 Å². The van der Waals surface area contributed by atoms with Gasteiger partial charge in [-0.3, -0.25) is 4.79 Å². The molecule has 2 N–H and O–H groups in total. The summed E-state index contributed by atoms with van der Waals surface area (Å²) in [7, 11) is 0. The minimum Gasteiger partial charge on any atom is -0.385 e. The van der Waals surface area contributed by atoms with Crippen LogP contribution in [0.4, 0.5) is 11.4 Å². The quantitative estimate of drug-likeness (QED) is 0.851. The summed E-state index contributed by atoms with van der Waals surface area (Å²) in [6, 6.07) is 6.00. The van der Waals surface area contributed by atoms with Crippen LogP contribution < -0.4 is 10.6 Å². The van der Waals surface area contributed by atoms with Gasteiger partial charge in [0.1, 0.15) is 0 Å². The largest absolute Gasteiger partial charge is 0.385 e. The molecular weight excluding hydrogens is 224 g/mol. The Labute approximate surface area is 110 Å². The third kappa shape index (κ3) is 5.21. The van der Waals surface area contributed by atoms with E-state index in [0.717, 1.165) is 29.9 Å². The van der Waals surface area contributed by atoms with Gasteiger partial charge in [-0.25, -0.2) is 0 Å². The average Bonchev–Trinajstić information content (AvgIpc) is 2.19. The van der Waals surface area contributed by atoms with Crippen LogP contribution in [0.3, 0.4) is 0 Å². The lowest BCUT2D eigenvalue weighted by Crippen LogP contribution is -2.13. The van der Waals surface area contributed by atoms with Crippen LogP contribution in [0.5, 0.6) is 0 Å². The second-order valence-corrected chi connectivity index (χ2v) is 5.95. The van der Waals surface area contributed by atoms with Gasteiger partial charge in [0.05, 0.1) is 0 Å². The van der Waals surface area contributed by atoms with E-state index in [1.807, 2.05) is 19.1 Å². The van der Waals surface area contributed by atoms with E-state index in [4.69, 9.17) is 0 Å². The van der Waals surface area contributed by atoms with E-state index in [1.165, 1.54) is 6.92 Å². The number of carbonyl (C=O) groups is 1. The Bertz CT molecular complexity index is 419. The van der Waals surface area contributed by atoms with E-state index in [9.17, 15) is 4.79 Å². The smallest absolute Gasteiger partial charge is 0.221 e. The highest BCUT2D eigenvalue weighted by molar-refractivity contribution is 5.89.